The molecule has 1 unspecified atom stereocenters. The van der Waals surface area contributed by atoms with E-state index in [4.69, 9.17) is 23.2 Å². The lowest BCUT2D eigenvalue weighted by Gasteiger charge is -2.15. The summed E-state index contributed by atoms with van der Waals surface area (Å²) >= 11 is 16.8. The predicted octanol–water partition coefficient (Wildman–Crippen LogP) is 8.28. The maximum atomic E-state index is 13.4. The van der Waals surface area contributed by atoms with Crippen molar-refractivity contribution in [2.75, 3.05) is 10.6 Å². The Bertz CT molecular complexity index is 1600. The summed E-state index contributed by atoms with van der Waals surface area (Å²) in [6, 6.07) is 28.0. The minimum absolute atomic E-state index is 0.0758. The van der Waals surface area contributed by atoms with E-state index in [-0.39, 0.29) is 11.6 Å². The first-order chi connectivity index (χ1) is 19.7. The van der Waals surface area contributed by atoms with Crippen LogP contribution in [0.2, 0.25) is 10.0 Å². The SMILES string of the molecule is CC(Sc1cccc(NC(=O)/C(=C/c2ccc(Br)cc2)NC(=O)c2ccccc2)c1)C(=O)Nc1ccc(Cl)cc1Cl. The van der Waals surface area contributed by atoms with Crippen LogP contribution in [0.5, 0.6) is 0 Å². The molecular formula is C31H24BrCl2N3O3S. The van der Waals surface area contributed by atoms with Gasteiger partial charge >= 0.3 is 0 Å². The summed E-state index contributed by atoms with van der Waals surface area (Å²) in [5, 5.41) is 8.74. The third-order valence-corrected chi connectivity index (χ3v) is 7.84. The molecule has 0 aliphatic carbocycles. The molecule has 4 aromatic carbocycles. The van der Waals surface area contributed by atoms with Crippen LogP contribution in [0.4, 0.5) is 11.4 Å². The molecule has 0 bridgehead atoms. The second-order valence-corrected chi connectivity index (χ2v) is 12.0. The number of hydrogen-bond donors (Lipinski definition) is 3. The van der Waals surface area contributed by atoms with E-state index in [9.17, 15) is 14.4 Å². The van der Waals surface area contributed by atoms with Crippen molar-refractivity contribution in [3.8, 4) is 0 Å². The predicted molar refractivity (Wildman–Crippen MR) is 172 cm³/mol. The second-order valence-electron chi connectivity index (χ2n) is 8.79. The van der Waals surface area contributed by atoms with Gasteiger partial charge in [-0.2, -0.15) is 0 Å². The highest BCUT2D eigenvalue weighted by Crippen LogP contribution is 2.29. The molecule has 4 aromatic rings. The zero-order chi connectivity index (χ0) is 29.4. The van der Waals surface area contributed by atoms with E-state index >= 15 is 0 Å². The van der Waals surface area contributed by atoms with Crippen LogP contribution in [0.15, 0.2) is 112 Å². The van der Waals surface area contributed by atoms with Gasteiger partial charge in [0.15, 0.2) is 0 Å². The van der Waals surface area contributed by atoms with E-state index in [1.165, 1.54) is 11.8 Å². The Balaban J connectivity index is 1.47. The van der Waals surface area contributed by atoms with Gasteiger partial charge in [0.1, 0.15) is 5.70 Å². The highest BCUT2D eigenvalue weighted by molar-refractivity contribution is 9.10. The average Bonchev–Trinajstić information content (AvgIpc) is 2.95. The molecule has 0 aliphatic heterocycles. The molecule has 208 valence electrons. The molecule has 0 heterocycles. The lowest BCUT2D eigenvalue weighted by Crippen LogP contribution is -2.30. The van der Waals surface area contributed by atoms with Gasteiger partial charge in [-0.15, -0.1) is 11.8 Å². The van der Waals surface area contributed by atoms with Gasteiger partial charge in [-0.3, -0.25) is 14.4 Å². The molecule has 0 fully saturated rings. The highest BCUT2D eigenvalue weighted by Gasteiger charge is 2.18. The number of nitrogens with one attached hydrogen (secondary N) is 3. The minimum Gasteiger partial charge on any atom is -0.324 e. The number of anilines is 2. The van der Waals surface area contributed by atoms with E-state index in [0.29, 0.717) is 27.0 Å². The molecule has 10 heteroatoms. The Morgan fingerprint density at radius 2 is 1.59 bits per heavy atom. The van der Waals surface area contributed by atoms with Crippen LogP contribution in [0, 0.1) is 0 Å². The number of amides is 3. The Kier molecular flexibility index (Phi) is 10.7. The lowest BCUT2D eigenvalue weighted by atomic mass is 10.1. The van der Waals surface area contributed by atoms with Crippen LogP contribution >= 0.6 is 50.9 Å². The van der Waals surface area contributed by atoms with Crippen LogP contribution in [0.25, 0.3) is 6.08 Å². The van der Waals surface area contributed by atoms with E-state index in [2.05, 4.69) is 31.9 Å². The zero-order valence-corrected chi connectivity index (χ0v) is 25.6. The number of halogens is 3. The Morgan fingerprint density at radius 3 is 2.29 bits per heavy atom. The molecule has 0 saturated heterocycles. The first-order valence-electron chi connectivity index (χ1n) is 12.4. The van der Waals surface area contributed by atoms with Crippen LogP contribution in [-0.4, -0.2) is 23.0 Å². The minimum atomic E-state index is -0.498. The fourth-order valence-corrected chi connectivity index (χ4v) is 5.24. The number of benzene rings is 4. The Hall–Kier alpha value is -3.56. The number of rotatable bonds is 9. The van der Waals surface area contributed by atoms with Crippen molar-refractivity contribution < 1.29 is 14.4 Å². The van der Waals surface area contributed by atoms with Crippen molar-refractivity contribution >= 4 is 86.1 Å². The van der Waals surface area contributed by atoms with Crippen molar-refractivity contribution in [2.45, 2.75) is 17.1 Å². The molecule has 0 saturated carbocycles. The maximum Gasteiger partial charge on any atom is 0.272 e. The van der Waals surface area contributed by atoms with Crippen molar-refractivity contribution in [2.24, 2.45) is 0 Å². The highest BCUT2D eigenvalue weighted by atomic mass is 79.9. The molecule has 6 nitrogen and oxygen atoms in total. The fourth-order valence-electron chi connectivity index (χ4n) is 3.60. The normalized spacial score (nSPS) is 11.9. The molecular weight excluding hydrogens is 645 g/mol. The van der Waals surface area contributed by atoms with Gasteiger partial charge in [-0.1, -0.05) is 75.5 Å². The summed E-state index contributed by atoms with van der Waals surface area (Å²) < 4.78 is 0.891. The molecule has 0 spiro atoms. The van der Waals surface area contributed by atoms with Crippen molar-refractivity contribution in [3.63, 3.8) is 0 Å². The quantitative estimate of drug-likeness (QED) is 0.124. The molecule has 3 amide bonds. The van der Waals surface area contributed by atoms with Crippen LogP contribution in [0.1, 0.15) is 22.8 Å². The van der Waals surface area contributed by atoms with Crippen molar-refractivity contribution in [1.82, 2.24) is 5.32 Å². The number of hydrogen-bond acceptors (Lipinski definition) is 4. The Morgan fingerprint density at radius 1 is 0.854 bits per heavy atom. The molecule has 0 aliphatic rings. The van der Waals surface area contributed by atoms with E-state index in [1.807, 2.05) is 36.4 Å². The summed E-state index contributed by atoms with van der Waals surface area (Å²) in [6.45, 7) is 1.77. The molecule has 3 N–H and O–H groups in total. The van der Waals surface area contributed by atoms with Crippen LogP contribution in [0.3, 0.4) is 0 Å². The standard InChI is InChI=1S/C31H24BrCl2N3O3S/c1-19(29(38)36-27-15-14-23(33)17-26(27)34)41-25-9-5-8-24(18-25)35-31(40)28(16-20-10-12-22(32)13-11-20)37-30(39)21-6-3-2-4-7-21/h2-19H,1H3,(H,35,40)(H,36,38)(H,37,39)/b28-16-. The summed E-state index contributed by atoms with van der Waals surface area (Å²) in [5.74, 6) is -1.14. The topological polar surface area (TPSA) is 87.3 Å². The van der Waals surface area contributed by atoms with E-state index < -0.39 is 17.1 Å². The lowest BCUT2D eigenvalue weighted by molar-refractivity contribution is -0.115. The average molecular weight is 669 g/mol. The van der Waals surface area contributed by atoms with Crippen molar-refractivity contribution in [3.05, 3.63) is 128 Å². The van der Waals surface area contributed by atoms with Gasteiger partial charge < -0.3 is 16.0 Å². The summed E-state index contributed by atoms with van der Waals surface area (Å²) in [5.41, 5.74) is 2.21. The number of carbonyl (C=O) groups is 3. The Labute approximate surface area is 260 Å². The largest absolute Gasteiger partial charge is 0.324 e. The molecule has 0 radical (unpaired) electrons. The van der Waals surface area contributed by atoms with Gasteiger partial charge in [0, 0.05) is 25.6 Å². The summed E-state index contributed by atoms with van der Waals surface area (Å²) in [7, 11) is 0. The molecule has 4 rings (SSSR count). The third kappa shape index (κ3) is 8.96. The van der Waals surface area contributed by atoms with Crippen LogP contribution < -0.4 is 16.0 Å². The smallest absolute Gasteiger partial charge is 0.272 e. The number of thioether (sulfide) groups is 1. The monoisotopic (exact) mass is 667 g/mol. The number of carbonyl (C=O) groups excluding carboxylic acids is 3. The summed E-state index contributed by atoms with van der Waals surface area (Å²) in [4.78, 5) is 39.8. The van der Waals surface area contributed by atoms with E-state index in [0.717, 1.165) is 14.9 Å². The second kappa shape index (κ2) is 14.4. The van der Waals surface area contributed by atoms with Crippen molar-refractivity contribution in [1.29, 1.82) is 0 Å². The fraction of sp³-hybridized carbons (Fsp3) is 0.0645. The third-order valence-electron chi connectivity index (χ3n) is 5.67. The van der Waals surface area contributed by atoms with Crippen LogP contribution in [-0.2, 0) is 9.59 Å². The van der Waals surface area contributed by atoms with Gasteiger partial charge in [0.25, 0.3) is 11.8 Å². The van der Waals surface area contributed by atoms with Gasteiger partial charge in [-0.05, 0) is 79.2 Å². The molecule has 1 atom stereocenters. The first-order valence-corrected chi connectivity index (χ1v) is 14.8. The van der Waals surface area contributed by atoms with Gasteiger partial charge in [0.05, 0.1) is 16.0 Å². The first kappa shape index (κ1) is 30.4. The van der Waals surface area contributed by atoms with E-state index in [1.54, 1.807) is 73.7 Å². The molecule has 0 aromatic heterocycles. The maximum absolute atomic E-state index is 13.4. The zero-order valence-electron chi connectivity index (χ0n) is 21.7. The van der Waals surface area contributed by atoms with Gasteiger partial charge in [-0.25, -0.2) is 0 Å². The summed E-state index contributed by atoms with van der Waals surface area (Å²) in [6.07, 6.45) is 1.61. The van der Waals surface area contributed by atoms with Gasteiger partial charge in [0.2, 0.25) is 5.91 Å². The molecule has 41 heavy (non-hydrogen) atoms.